The van der Waals surface area contributed by atoms with Crippen LogP contribution in [0.5, 0.6) is 5.75 Å². The Morgan fingerprint density at radius 1 is 1.30 bits per heavy atom. The summed E-state index contributed by atoms with van der Waals surface area (Å²) in [5.41, 5.74) is 11.1. The summed E-state index contributed by atoms with van der Waals surface area (Å²) >= 11 is 0. The Morgan fingerprint density at radius 3 is 2.95 bits per heavy atom. The van der Waals surface area contributed by atoms with E-state index in [-0.39, 0.29) is 12.1 Å². The summed E-state index contributed by atoms with van der Waals surface area (Å²) in [6, 6.07) is 8.60. The predicted molar refractivity (Wildman–Crippen MR) is 80.7 cm³/mol. The third kappa shape index (κ3) is 2.41. The van der Waals surface area contributed by atoms with Gasteiger partial charge in [-0.3, -0.25) is 4.98 Å². The number of hydrogen-bond acceptors (Lipinski definition) is 3. The first kappa shape index (κ1) is 13.1. The lowest BCUT2D eigenvalue weighted by Crippen LogP contribution is -2.06. The normalized spacial score (nSPS) is 17.3. The fourth-order valence-corrected chi connectivity index (χ4v) is 2.86. The van der Waals surface area contributed by atoms with E-state index in [1.165, 1.54) is 16.7 Å². The Hall–Kier alpha value is -1.87. The SMILES string of the molecule is CC(C)Oc1cncc(-c2cccc3c2CCC3N)c1. The molecule has 3 heteroatoms. The number of rotatable bonds is 3. The molecule has 1 aromatic carbocycles. The van der Waals surface area contributed by atoms with Crippen LogP contribution < -0.4 is 10.5 Å². The van der Waals surface area contributed by atoms with Gasteiger partial charge in [-0.15, -0.1) is 0 Å². The smallest absolute Gasteiger partial charge is 0.138 e. The van der Waals surface area contributed by atoms with E-state index in [0.29, 0.717) is 0 Å². The van der Waals surface area contributed by atoms with E-state index in [1.54, 1.807) is 6.20 Å². The lowest BCUT2D eigenvalue weighted by atomic mass is 9.97. The van der Waals surface area contributed by atoms with Crippen molar-refractivity contribution in [3.8, 4) is 16.9 Å². The first-order chi connectivity index (χ1) is 9.65. The zero-order chi connectivity index (χ0) is 14.1. The van der Waals surface area contributed by atoms with Crippen molar-refractivity contribution in [2.45, 2.75) is 38.8 Å². The van der Waals surface area contributed by atoms with Crippen LogP contribution in [0.4, 0.5) is 0 Å². The van der Waals surface area contributed by atoms with Gasteiger partial charge in [0.15, 0.2) is 0 Å². The topological polar surface area (TPSA) is 48.1 Å². The molecule has 1 aliphatic rings. The van der Waals surface area contributed by atoms with Gasteiger partial charge >= 0.3 is 0 Å². The first-order valence-corrected chi connectivity index (χ1v) is 7.14. The Morgan fingerprint density at radius 2 is 2.15 bits per heavy atom. The minimum absolute atomic E-state index is 0.155. The summed E-state index contributed by atoms with van der Waals surface area (Å²) in [6.07, 6.45) is 5.89. The molecule has 0 saturated carbocycles. The molecule has 0 aliphatic heterocycles. The fraction of sp³-hybridized carbons (Fsp3) is 0.353. The van der Waals surface area contributed by atoms with Crippen molar-refractivity contribution in [1.29, 1.82) is 0 Å². The maximum absolute atomic E-state index is 6.15. The Balaban J connectivity index is 2.02. The molecule has 0 bridgehead atoms. The van der Waals surface area contributed by atoms with Crippen molar-refractivity contribution in [2.24, 2.45) is 5.73 Å². The summed E-state index contributed by atoms with van der Waals surface area (Å²) in [7, 11) is 0. The third-order valence-electron chi connectivity index (χ3n) is 3.71. The van der Waals surface area contributed by atoms with Crippen LogP contribution in [0, 0.1) is 0 Å². The maximum atomic E-state index is 6.15. The summed E-state index contributed by atoms with van der Waals surface area (Å²) in [4.78, 5) is 4.30. The molecule has 0 radical (unpaired) electrons. The second-order valence-corrected chi connectivity index (χ2v) is 5.59. The van der Waals surface area contributed by atoms with Gasteiger partial charge in [0.2, 0.25) is 0 Å². The number of nitrogens with two attached hydrogens (primary N) is 1. The van der Waals surface area contributed by atoms with E-state index < -0.39 is 0 Å². The van der Waals surface area contributed by atoms with E-state index in [0.717, 1.165) is 24.2 Å². The molecule has 3 nitrogen and oxygen atoms in total. The van der Waals surface area contributed by atoms with Crippen LogP contribution in [-0.2, 0) is 6.42 Å². The zero-order valence-electron chi connectivity index (χ0n) is 12.0. The highest BCUT2D eigenvalue weighted by Gasteiger charge is 2.22. The van der Waals surface area contributed by atoms with Gasteiger partial charge in [-0.25, -0.2) is 0 Å². The monoisotopic (exact) mass is 268 g/mol. The van der Waals surface area contributed by atoms with E-state index in [9.17, 15) is 0 Å². The van der Waals surface area contributed by atoms with Crippen molar-refractivity contribution in [1.82, 2.24) is 4.98 Å². The minimum atomic E-state index is 0.155. The molecular weight excluding hydrogens is 248 g/mol. The summed E-state index contributed by atoms with van der Waals surface area (Å²) in [5.74, 6) is 0.817. The predicted octanol–water partition coefficient (Wildman–Crippen LogP) is 3.48. The fourth-order valence-electron chi connectivity index (χ4n) is 2.86. The van der Waals surface area contributed by atoms with Crippen LogP contribution in [0.15, 0.2) is 36.7 Å². The van der Waals surface area contributed by atoms with Crippen molar-refractivity contribution >= 4 is 0 Å². The highest BCUT2D eigenvalue weighted by molar-refractivity contribution is 5.70. The third-order valence-corrected chi connectivity index (χ3v) is 3.71. The molecule has 1 atom stereocenters. The molecular formula is C17H20N2O. The molecule has 20 heavy (non-hydrogen) atoms. The van der Waals surface area contributed by atoms with Gasteiger partial charge in [0.05, 0.1) is 12.3 Å². The van der Waals surface area contributed by atoms with E-state index in [1.807, 2.05) is 20.0 Å². The highest BCUT2D eigenvalue weighted by Crippen LogP contribution is 2.37. The van der Waals surface area contributed by atoms with E-state index >= 15 is 0 Å². The van der Waals surface area contributed by atoms with Crippen LogP contribution in [0.2, 0.25) is 0 Å². The number of aromatic nitrogens is 1. The molecule has 0 saturated heterocycles. The number of hydrogen-bond donors (Lipinski definition) is 1. The molecule has 1 unspecified atom stereocenters. The Bertz CT molecular complexity index is 622. The quantitative estimate of drug-likeness (QED) is 0.927. The average Bonchev–Trinajstić information content (AvgIpc) is 2.80. The van der Waals surface area contributed by atoms with Gasteiger partial charge in [0.25, 0.3) is 0 Å². The highest BCUT2D eigenvalue weighted by atomic mass is 16.5. The molecule has 1 aliphatic carbocycles. The van der Waals surface area contributed by atoms with Gasteiger partial charge in [0, 0.05) is 17.8 Å². The van der Waals surface area contributed by atoms with Gasteiger partial charge in [-0.05, 0) is 49.4 Å². The van der Waals surface area contributed by atoms with Crippen LogP contribution in [0.1, 0.15) is 37.4 Å². The Labute approximate surface area is 119 Å². The van der Waals surface area contributed by atoms with Crippen molar-refractivity contribution in [3.63, 3.8) is 0 Å². The average molecular weight is 268 g/mol. The summed E-state index contributed by atoms with van der Waals surface area (Å²) in [5, 5.41) is 0. The molecule has 0 amide bonds. The summed E-state index contributed by atoms with van der Waals surface area (Å²) < 4.78 is 5.73. The molecule has 3 rings (SSSR count). The van der Waals surface area contributed by atoms with Gasteiger partial charge < -0.3 is 10.5 Å². The van der Waals surface area contributed by atoms with Gasteiger partial charge in [-0.2, -0.15) is 0 Å². The molecule has 0 fully saturated rings. The number of benzene rings is 1. The molecule has 2 N–H and O–H groups in total. The molecule has 104 valence electrons. The minimum Gasteiger partial charge on any atom is -0.489 e. The van der Waals surface area contributed by atoms with Gasteiger partial charge in [-0.1, -0.05) is 18.2 Å². The Kier molecular flexibility index (Phi) is 3.45. The van der Waals surface area contributed by atoms with Gasteiger partial charge in [0.1, 0.15) is 5.75 Å². The largest absolute Gasteiger partial charge is 0.489 e. The lowest BCUT2D eigenvalue weighted by molar-refractivity contribution is 0.241. The maximum Gasteiger partial charge on any atom is 0.138 e. The molecule has 1 aromatic heterocycles. The van der Waals surface area contributed by atoms with Crippen LogP contribution in [-0.4, -0.2) is 11.1 Å². The van der Waals surface area contributed by atoms with Crippen molar-refractivity contribution in [3.05, 3.63) is 47.8 Å². The van der Waals surface area contributed by atoms with Crippen molar-refractivity contribution in [2.75, 3.05) is 0 Å². The molecule has 2 aromatic rings. The zero-order valence-corrected chi connectivity index (χ0v) is 12.0. The van der Waals surface area contributed by atoms with Crippen LogP contribution in [0.25, 0.3) is 11.1 Å². The van der Waals surface area contributed by atoms with Crippen molar-refractivity contribution < 1.29 is 4.74 Å². The number of ether oxygens (including phenoxy) is 1. The van der Waals surface area contributed by atoms with E-state index in [4.69, 9.17) is 10.5 Å². The van der Waals surface area contributed by atoms with E-state index in [2.05, 4.69) is 29.2 Å². The summed E-state index contributed by atoms with van der Waals surface area (Å²) in [6.45, 7) is 4.04. The number of nitrogens with zero attached hydrogens (tertiary/aromatic N) is 1. The van der Waals surface area contributed by atoms with Crippen LogP contribution in [0.3, 0.4) is 0 Å². The number of pyridine rings is 1. The second-order valence-electron chi connectivity index (χ2n) is 5.59. The second kappa shape index (κ2) is 5.25. The standard InChI is InChI=1S/C17H20N2O/c1-11(2)20-13-8-12(9-19-10-13)14-4-3-5-16-15(14)6-7-17(16)18/h3-5,8-11,17H,6-7,18H2,1-2H3. The van der Waals surface area contributed by atoms with Crippen LogP contribution >= 0.6 is 0 Å². The first-order valence-electron chi connectivity index (χ1n) is 7.14. The molecule has 0 spiro atoms. The number of fused-ring (bicyclic) bond motifs is 1. The lowest BCUT2D eigenvalue weighted by Gasteiger charge is -2.13. The molecule has 1 heterocycles.